The minimum Gasteiger partial charge on any atom is -0.302 e. The van der Waals surface area contributed by atoms with Gasteiger partial charge in [-0.1, -0.05) is 60.3 Å². The highest BCUT2D eigenvalue weighted by Crippen LogP contribution is 2.57. The highest BCUT2D eigenvalue weighted by atomic mass is 15.2. The van der Waals surface area contributed by atoms with Gasteiger partial charge in [-0.05, 0) is 95.6 Å². The molecular formula is C30H44N2. The van der Waals surface area contributed by atoms with Crippen LogP contribution in [0.15, 0.2) is 60.3 Å². The van der Waals surface area contributed by atoms with Crippen LogP contribution in [0.4, 0.5) is 0 Å². The van der Waals surface area contributed by atoms with Crippen molar-refractivity contribution in [3.8, 4) is 0 Å². The summed E-state index contributed by atoms with van der Waals surface area (Å²) in [6.07, 6.45) is 36.0. The molecule has 2 saturated heterocycles. The highest BCUT2D eigenvalue weighted by molar-refractivity contribution is 5.30. The van der Waals surface area contributed by atoms with Gasteiger partial charge in [-0.2, -0.15) is 0 Å². The van der Waals surface area contributed by atoms with Crippen LogP contribution in [-0.2, 0) is 0 Å². The van der Waals surface area contributed by atoms with Gasteiger partial charge in [0.05, 0.1) is 0 Å². The van der Waals surface area contributed by atoms with Crippen molar-refractivity contribution in [2.45, 2.75) is 76.7 Å². The topological polar surface area (TPSA) is 6.48 Å². The first-order chi connectivity index (χ1) is 15.9. The first kappa shape index (κ1) is 22.4. The average molecular weight is 433 g/mol. The van der Waals surface area contributed by atoms with Crippen LogP contribution in [-0.4, -0.2) is 48.6 Å². The number of fused-ring (bicyclic) bond motifs is 1. The molecule has 1 aliphatic carbocycles. The second-order valence-corrected chi connectivity index (χ2v) is 10.9. The van der Waals surface area contributed by atoms with Gasteiger partial charge in [0, 0.05) is 31.1 Å². The molecule has 6 aliphatic rings. The number of rotatable bonds is 0. The fraction of sp³-hybridized carbons (Fsp3) is 0.667. The van der Waals surface area contributed by atoms with Crippen LogP contribution in [0.5, 0.6) is 0 Å². The fourth-order valence-electron chi connectivity index (χ4n) is 7.64. The molecule has 5 aliphatic heterocycles. The van der Waals surface area contributed by atoms with E-state index in [1.54, 1.807) is 5.57 Å². The Morgan fingerprint density at radius 3 is 2.44 bits per heavy atom. The molecule has 0 radical (unpaired) electrons. The van der Waals surface area contributed by atoms with E-state index in [0.29, 0.717) is 11.5 Å². The normalized spacial score (nSPS) is 40.5. The molecule has 32 heavy (non-hydrogen) atoms. The zero-order valence-electron chi connectivity index (χ0n) is 20.1. The number of allylic oxidation sites excluding steroid dienone is 7. The molecule has 2 nitrogen and oxygen atoms in total. The van der Waals surface area contributed by atoms with E-state index >= 15 is 0 Å². The molecule has 6 rings (SSSR count). The van der Waals surface area contributed by atoms with Crippen molar-refractivity contribution in [1.82, 2.24) is 9.80 Å². The third-order valence-corrected chi connectivity index (χ3v) is 8.93. The van der Waals surface area contributed by atoms with E-state index in [1.807, 2.05) is 0 Å². The summed E-state index contributed by atoms with van der Waals surface area (Å²) in [7, 11) is 0. The zero-order chi connectivity index (χ0) is 21.6. The smallest absolute Gasteiger partial charge is 0.0379 e. The molecule has 0 saturated carbocycles. The molecular weight excluding hydrogens is 388 g/mol. The quantitative estimate of drug-likeness (QED) is 0.394. The summed E-state index contributed by atoms with van der Waals surface area (Å²) >= 11 is 0. The van der Waals surface area contributed by atoms with Crippen LogP contribution in [0, 0.1) is 17.3 Å². The van der Waals surface area contributed by atoms with Crippen LogP contribution >= 0.6 is 0 Å². The van der Waals surface area contributed by atoms with Gasteiger partial charge in [0.2, 0.25) is 0 Å². The maximum Gasteiger partial charge on any atom is 0.0379 e. The lowest BCUT2D eigenvalue weighted by Gasteiger charge is -2.64. The molecule has 6 atom stereocenters. The lowest BCUT2D eigenvalue weighted by molar-refractivity contribution is -0.109. The lowest BCUT2D eigenvalue weighted by atomic mass is 9.52. The average Bonchev–Trinajstić information content (AvgIpc) is 2.83. The van der Waals surface area contributed by atoms with E-state index in [1.165, 1.54) is 90.5 Å². The van der Waals surface area contributed by atoms with Gasteiger partial charge in [0.1, 0.15) is 0 Å². The molecule has 6 unspecified atom stereocenters. The highest BCUT2D eigenvalue weighted by Gasteiger charge is 2.58. The summed E-state index contributed by atoms with van der Waals surface area (Å²) in [5.41, 5.74) is 2.26. The summed E-state index contributed by atoms with van der Waals surface area (Å²) in [4.78, 5) is 5.81. The molecule has 0 N–H and O–H groups in total. The van der Waals surface area contributed by atoms with Crippen molar-refractivity contribution < 1.29 is 0 Å². The molecule has 1 spiro atoms. The van der Waals surface area contributed by atoms with Gasteiger partial charge in [-0.15, -0.1) is 0 Å². The van der Waals surface area contributed by atoms with Crippen LogP contribution in [0.25, 0.3) is 0 Å². The summed E-state index contributed by atoms with van der Waals surface area (Å²) in [6.45, 7) is 6.51. The zero-order valence-corrected chi connectivity index (χ0v) is 20.1. The van der Waals surface area contributed by atoms with Crippen molar-refractivity contribution in [3.05, 3.63) is 60.3 Å². The van der Waals surface area contributed by atoms with Gasteiger partial charge in [-0.3, -0.25) is 4.90 Å². The Kier molecular flexibility index (Phi) is 7.49. The van der Waals surface area contributed by atoms with Gasteiger partial charge < -0.3 is 4.90 Å². The minimum absolute atomic E-state index is 0.461. The standard InChI is InChI=1S/C30H44N2/c1-2-4-7-11-15-20-31-22-18-28-27-23-26(17-13-9-5-3-1)29-30(28,25-31)19-14-10-6-8-12-16-21-32(29)24-27/h1-2,5-7,9-11,23,27-29H,3-4,8,12-22,24-25H2. The summed E-state index contributed by atoms with van der Waals surface area (Å²) < 4.78 is 0. The minimum atomic E-state index is 0.461. The van der Waals surface area contributed by atoms with Crippen LogP contribution in [0.2, 0.25) is 0 Å². The molecule has 0 aromatic rings. The van der Waals surface area contributed by atoms with Crippen LogP contribution in [0.1, 0.15) is 70.6 Å². The van der Waals surface area contributed by atoms with Gasteiger partial charge in [-0.25, -0.2) is 0 Å². The molecule has 6 bridgehead atoms. The molecule has 2 heteroatoms. The first-order valence-corrected chi connectivity index (χ1v) is 13.6. The summed E-state index contributed by atoms with van der Waals surface area (Å²) in [5.74, 6) is 1.69. The van der Waals surface area contributed by atoms with Crippen LogP contribution in [0.3, 0.4) is 0 Å². The Labute approximate surface area is 196 Å². The maximum absolute atomic E-state index is 2.96. The van der Waals surface area contributed by atoms with Gasteiger partial charge >= 0.3 is 0 Å². The first-order valence-electron chi connectivity index (χ1n) is 13.6. The van der Waals surface area contributed by atoms with Crippen molar-refractivity contribution >= 4 is 0 Å². The molecule has 2 fully saturated rings. The second-order valence-electron chi connectivity index (χ2n) is 10.9. The molecule has 5 heterocycles. The number of nitrogens with zero attached hydrogens (tertiary/aromatic N) is 2. The molecule has 174 valence electrons. The molecule has 0 aromatic heterocycles. The van der Waals surface area contributed by atoms with E-state index in [2.05, 4.69) is 64.5 Å². The van der Waals surface area contributed by atoms with E-state index in [4.69, 9.17) is 0 Å². The Morgan fingerprint density at radius 1 is 0.750 bits per heavy atom. The number of hydrogen-bond donors (Lipinski definition) is 0. The molecule has 0 amide bonds. The van der Waals surface area contributed by atoms with Crippen molar-refractivity contribution in [2.24, 2.45) is 17.3 Å². The summed E-state index contributed by atoms with van der Waals surface area (Å²) in [6, 6.07) is 0.686. The number of piperidine rings is 2. The Balaban J connectivity index is 1.48. The Hall–Kier alpha value is -1.38. The largest absolute Gasteiger partial charge is 0.302 e. The predicted molar refractivity (Wildman–Crippen MR) is 137 cm³/mol. The second kappa shape index (κ2) is 10.7. The van der Waals surface area contributed by atoms with Crippen molar-refractivity contribution in [2.75, 3.05) is 32.7 Å². The third kappa shape index (κ3) is 4.77. The lowest BCUT2D eigenvalue weighted by Crippen LogP contribution is -2.68. The SMILES string of the molecule is C1=CCC=CCCN2CCC3C4C=C(CCC=CC1)C1N(CCCCC=CCCC31C2)C4. The molecule has 0 aromatic carbocycles. The maximum atomic E-state index is 2.96. The summed E-state index contributed by atoms with van der Waals surface area (Å²) in [5, 5.41) is 0. The Morgan fingerprint density at radius 2 is 1.53 bits per heavy atom. The van der Waals surface area contributed by atoms with Gasteiger partial charge in [0.15, 0.2) is 0 Å². The van der Waals surface area contributed by atoms with E-state index in [9.17, 15) is 0 Å². The predicted octanol–water partition coefficient (Wildman–Crippen LogP) is 6.69. The monoisotopic (exact) mass is 432 g/mol. The van der Waals surface area contributed by atoms with Crippen molar-refractivity contribution in [1.29, 1.82) is 0 Å². The fourth-order valence-corrected chi connectivity index (χ4v) is 7.64. The van der Waals surface area contributed by atoms with E-state index in [-0.39, 0.29) is 0 Å². The third-order valence-electron chi connectivity index (χ3n) is 8.93. The van der Waals surface area contributed by atoms with E-state index < -0.39 is 0 Å². The van der Waals surface area contributed by atoms with Gasteiger partial charge in [0.25, 0.3) is 0 Å². The number of hydrogen-bond acceptors (Lipinski definition) is 2. The van der Waals surface area contributed by atoms with Crippen LogP contribution < -0.4 is 0 Å². The van der Waals surface area contributed by atoms with Crippen molar-refractivity contribution in [3.63, 3.8) is 0 Å². The Bertz CT molecular complexity index is 772. The van der Waals surface area contributed by atoms with E-state index in [0.717, 1.165) is 24.7 Å².